The molecule has 0 unspecified atom stereocenters. The zero-order chi connectivity index (χ0) is 17.8. The lowest BCUT2D eigenvalue weighted by atomic mass is 10.2. The molecule has 1 aromatic carbocycles. The topological polar surface area (TPSA) is 73.6 Å². The van der Waals surface area contributed by atoms with Crippen LogP contribution in [0.5, 0.6) is 11.5 Å². The fraction of sp³-hybridized carbons (Fsp3) is 0.222. The molecular weight excluding hydrogens is 340 g/mol. The van der Waals surface area contributed by atoms with Crippen LogP contribution in [0.2, 0.25) is 0 Å². The number of ether oxygens (including phenoxy) is 2. The minimum absolute atomic E-state index is 0.125. The smallest absolute Gasteiger partial charge is 0.236 e. The molecule has 2 heterocycles. The van der Waals surface area contributed by atoms with Crippen LogP contribution >= 0.6 is 11.3 Å². The van der Waals surface area contributed by atoms with Crippen LogP contribution in [0.3, 0.4) is 0 Å². The third kappa shape index (κ3) is 4.00. The molecule has 0 atom stereocenters. The number of oxazole rings is 1. The molecule has 0 spiro atoms. The van der Waals surface area contributed by atoms with Gasteiger partial charge in [0.05, 0.1) is 31.2 Å². The van der Waals surface area contributed by atoms with Crippen molar-refractivity contribution < 1.29 is 18.7 Å². The summed E-state index contributed by atoms with van der Waals surface area (Å²) in [6.45, 7) is 1.81. The molecule has 3 aromatic rings. The van der Waals surface area contributed by atoms with Crippen LogP contribution in [0, 0.1) is 6.92 Å². The van der Waals surface area contributed by atoms with Crippen molar-refractivity contribution in [1.29, 1.82) is 0 Å². The molecule has 7 heteroatoms. The van der Waals surface area contributed by atoms with Crippen LogP contribution in [-0.2, 0) is 11.2 Å². The van der Waals surface area contributed by atoms with E-state index >= 15 is 0 Å². The first-order chi connectivity index (χ1) is 12.1. The maximum absolute atomic E-state index is 12.4. The maximum Gasteiger partial charge on any atom is 0.236 e. The molecule has 0 aliphatic rings. The highest BCUT2D eigenvalue weighted by atomic mass is 32.1. The average molecular weight is 358 g/mol. The SMILES string of the molecule is COc1cc(NC(=O)Cc2nc(-c3cccs3)oc2C)cc(OC)c1. The summed E-state index contributed by atoms with van der Waals surface area (Å²) in [6, 6.07) is 9.06. The molecular formula is C18H18N2O4S. The Kier molecular flexibility index (Phi) is 5.04. The highest BCUT2D eigenvalue weighted by Gasteiger charge is 2.16. The molecule has 3 rings (SSSR count). The molecule has 6 nitrogen and oxygen atoms in total. The number of methoxy groups -OCH3 is 2. The lowest BCUT2D eigenvalue weighted by Gasteiger charge is -2.09. The Hall–Kier alpha value is -2.80. The first-order valence-corrected chi connectivity index (χ1v) is 8.50. The summed E-state index contributed by atoms with van der Waals surface area (Å²) in [6.07, 6.45) is 0.125. The van der Waals surface area contributed by atoms with Crippen LogP contribution in [0.1, 0.15) is 11.5 Å². The van der Waals surface area contributed by atoms with Gasteiger partial charge in [-0.1, -0.05) is 6.07 Å². The largest absolute Gasteiger partial charge is 0.497 e. The van der Waals surface area contributed by atoms with Crippen molar-refractivity contribution in [3.8, 4) is 22.3 Å². The molecule has 25 heavy (non-hydrogen) atoms. The minimum atomic E-state index is -0.190. The van der Waals surface area contributed by atoms with Gasteiger partial charge in [-0.15, -0.1) is 11.3 Å². The quantitative estimate of drug-likeness (QED) is 0.723. The van der Waals surface area contributed by atoms with E-state index in [0.717, 1.165) is 4.88 Å². The number of thiophene rings is 1. The van der Waals surface area contributed by atoms with Gasteiger partial charge in [0, 0.05) is 23.9 Å². The summed E-state index contributed by atoms with van der Waals surface area (Å²) >= 11 is 1.54. The van der Waals surface area contributed by atoms with Gasteiger partial charge in [0.15, 0.2) is 0 Å². The summed E-state index contributed by atoms with van der Waals surface area (Å²) in [7, 11) is 3.12. The zero-order valence-electron chi connectivity index (χ0n) is 14.2. The number of carbonyl (C=O) groups is 1. The number of benzene rings is 1. The van der Waals surface area contributed by atoms with Crippen LogP contribution in [0.15, 0.2) is 40.1 Å². The number of nitrogens with zero attached hydrogens (tertiary/aromatic N) is 1. The Morgan fingerprint density at radius 3 is 2.56 bits per heavy atom. The van der Waals surface area contributed by atoms with Crippen molar-refractivity contribution >= 4 is 22.9 Å². The summed E-state index contributed by atoms with van der Waals surface area (Å²) < 4.78 is 16.1. The van der Waals surface area contributed by atoms with Gasteiger partial charge in [-0.25, -0.2) is 4.98 Å². The molecule has 0 radical (unpaired) electrons. The molecule has 0 fully saturated rings. The van der Waals surface area contributed by atoms with E-state index in [4.69, 9.17) is 13.9 Å². The van der Waals surface area contributed by atoms with E-state index in [1.165, 1.54) is 0 Å². The van der Waals surface area contributed by atoms with E-state index in [1.807, 2.05) is 17.5 Å². The predicted octanol–water partition coefficient (Wildman–Crippen LogP) is 3.91. The van der Waals surface area contributed by atoms with Crippen LogP contribution in [0.4, 0.5) is 5.69 Å². The monoisotopic (exact) mass is 358 g/mol. The fourth-order valence-corrected chi connectivity index (χ4v) is 2.98. The average Bonchev–Trinajstić information content (AvgIpc) is 3.24. The van der Waals surface area contributed by atoms with Gasteiger partial charge in [-0.05, 0) is 18.4 Å². The van der Waals surface area contributed by atoms with Crippen LogP contribution < -0.4 is 14.8 Å². The number of aromatic nitrogens is 1. The van der Waals surface area contributed by atoms with Crippen molar-refractivity contribution in [2.24, 2.45) is 0 Å². The van der Waals surface area contributed by atoms with Crippen molar-refractivity contribution in [2.75, 3.05) is 19.5 Å². The van der Waals surface area contributed by atoms with Gasteiger partial charge >= 0.3 is 0 Å². The molecule has 0 aliphatic heterocycles. The second-order valence-corrected chi connectivity index (χ2v) is 6.27. The molecule has 2 aromatic heterocycles. The van der Waals surface area contributed by atoms with E-state index in [2.05, 4.69) is 10.3 Å². The Bertz CT molecular complexity index is 849. The second kappa shape index (κ2) is 7.40. The van der Waals surface area contributed by atoms with E-state index < -0.39 is 0 Å². The van der Waals surface area contributed by atoms with Crippen LogP contribution in [-0.4, -0.2) is 25.1 Å². The molecule has 130 valence electrons. The maximum atomic E-state index is 12.4. The van der Waals surface area contributed by atoms with Gasteiger partial charge in [-0.3, -0.25) is 4.79 Å². The lowest BCUT2D eigenvalue weighted by molar-refractivity contribution is -0.115. The Morgan fingerprint density at radius 1 is 1.24 bits per heavy atom. The van der Waals surface area contributed by atoms with Crippen molar-refractivity contribution in [3.63, 3.8) is 0 Å². The zero-order valence-corrected chi connectivity index (χ0v) is 15.0. The number of hydrogen-bond acceptors (Lipinski definition) is 6. The van der Waals surface area contributed by atoms with E-state index in [-0.39, 0.29) is 12.3 Å². The van der Waals surface area contributed by atoms with E-state index in [1.54, 1.807) is 50.7 Å². The number of hydrogen-bond donors (Lipinski definition) is 1. The normalized spacial score (nSPS) is 10.5. The minimum Gasteiger partial charge on any atom is -0.497 e. The van der Waals surface area contributed by atoms with Gasteiger partial charge < -0.3 is 19.2 Å². The number of carbonyl (C=O) groups excluding carboxylic acids is 1. The van der Waals surface area contributed by atoms with Gasteiger partial charge in [0.25, 0.3) is 0 Å². The number of rotatable bonds is 6. The molecule has 0 bridgehead atoms. The van der Waals surface area contributed by atoms with Crippen LogP contribution in [0.25, 0.3) is 10.8 Å². The highest BCUT2D eigenvalue weighted by molar-refractivity contribution is 7.13. The van der Waals surface area contributed by atoms with Gasteiger partial charge in [-0.2, -0.15) is 0 Å². The number of nitrogens with one attached hydrogen (secondary N) is 1. The van der Waals surface area contributed by atoms with Gasteiger partial charge in [0.2, 0.25) is 11.8 Å². The molecule has 0 aliphatic carbocycles. The van der Waals surface area contributed by atoms with Crippen molar-refractivity contribution in [1.82, 2.24) is 4.98 Å². The first-order valence-electron chi connectivity index (χ1n) is 7.62. The summed E-state index contributed by atoms with van der Waals surface area (Å²) in [5.74, 6) is 2.20. The van der Waals surface area contributed by atoms with Crippen molar-refractivity contribution in [2.45, 2.75) is 13.3 Å². The van der Waals surface area contributed by atoms with E-state index in [9.17, 15) is 4.79 Å². The summed E-state index contributed by atoms with van der Waals surface area (Å²) in [5, 5.41) is 4.79. The van der Waals surface area contributed by atoms with Crippen molar-refractivity contribution in [3.05, 3.63) is 47.2 Å². The van der Waals surface area contributed by atoms with Gasteiger partial charge in [0.1, 0.15) is 17.3 Å². The predicted molar refractivity (Wildman–Crippen MR) is 96.4 cm³/mol. The summed E-state index contributed by atoms with van der Waals surface area (Å²) in [5.41, 5.74) is 1.22. The fourth-order valence-electron chi connectivity index (χ4n) is 2.33. The first kappa shape index (κ1) is 17.0. The Balaban J connectivity index is 1.73. The number of anilines is 1. The Labute approximate surface area is 149 Å². The molecule has 0 saturated carbocycles. The number of aryl methyl sites for hydroxylation is 1. The second-order valence-electron chi connectivity index (χ2n) is 5.33. The summed E-state index contributed by atoms with van der Waals surface area (Å²) in [4.78, 5) is 17.7. The van der Waals surface area contributed by atoms with E-state index in [0.29, 0.717) is 34.5 Å². The molecule has 0 saturated heterocycles. The molecule has 1 N–H and O–H groups in total. The standard InChI is InChI=1S/C18H18N2O4S/c1-11-15(20-18(24-11)16-5-4-6-25-16)10-17(21)19-12-7-13(22-2)9-14(8-12)23-3/h4-9H,10H2,1-3H3,(H,19,21). The third-order valence-corrected chi connectivity index (χ3v) is 4.45. The highest BCUT2D eigenvalue weighted by Crippen LogP contribution is 2.27. The lowest BCUT2D eigenvalue weighted by Crippen LogP contribution is -2.15. The Morgan fingerprint density at radius 2 is 1.96 bits per heavy atom. The molecule has 1 amide bonds. The third-order valence-electron chi connectivity index (χ3n) is 3.59. The number of amides is 1.